The SMILES string of the molecule is C#CC(CC)NCC(O)COc1c(Cl)cccc1Cl. The molecule has 0 radical (unpaired) electrons. The van der Waals surface area contributed by atoms with E-state index in [1.54, 1.807) is 18.2 Å². The van der Waals surface area contributed by atoms with Crippen LogP contribution >= 0.6 is 23.2 Å². The third-order valence-corrected chi connectivity index (χ3v) is 3.14. The number of halogens is 2. The van der Waals surface area contributed by atoms with E-state index in [1.165, 1.54) is 0 Å². The highest BCUT2D eigenvalue weighted by Crippen LogP contribution is 2.32. The van der Waals surface area contributed by atoms with Gasteiger partial charge in [0.15, 0.2) is 5.75 Å². The summed E-state index contributed by atoms with van der Waals surface area (Å²) in [5, 5.41) is 13.7. The molecule has 0 aliphatic carbocycles. The number of rotatable bonds is 7. The van der Waals surface area contributed by atoms with Crippen LogP contribution in [0.25, 0.3) is 0 Å². The van der Waals surface area contributed by atoms with Crippen molar-refractivity contribution < 1.29 is 9.84 Å². The second kappa shape index (κ2) is 8.29. The van der Waals surface area contributed by atoms with E-state index in [1.807, 2.05) is 6.92 Å². The molecule has 0 saturated heterocycles. The van der Waals surface area contributed by atoms with Crippen LogP contribution in [0.2, 0.25) is 10.0 Å². The molecule has 0 aromatic heterocycles. The van der Waals surface area contributed by atoms with Crippen molar-refractivity contribution >= 4 is 23.2 Å². The van der Waals surface area contributed by atoms with Crippen molar-refractivity contribution in [2.45, 2.75) is 25.5 Å². The number of aliphatic hydroxyl groups is 1. The molecule has 0 aliphatic rings. The highest BCUT2D eigenvalue weighted by atomic mass is 35.5. The van der Waals surface area contributed by atoms with E-state index < -0.39 is 6.10 Å². The summed E-state index contributed by atoms with van der Waals surface area (Å²) >= 11 is 11.9. The van der Waals surface area contributed by atoms with Crippen LogP contribution < -0.4 is 10.1 Å². The summed E-state index contributed by atoms with van der Waals surface area (Å²) in [4.78, 5) is 0. The number of ether oxygens (including phenoxy) is 1. The van der Waals surface area contributed by atoms with E-state index in [-0.39, 0.29) is 12.6 Å². The fourth-order valence-corrected chi connectivity index (χ4v) is 1.96. The number of nitrogens with one attached hydrogen (secondary N) is 1. The van der Waals surface area contributed by atoms with Crippen LogP contribution in [-0.2, 0) is 0 Å². The molecule has 2 unspecified atom stereocenters. The fourth-order valence-electron chi connectivity index (χ4n) is 1.46. The highest BCUT2D eigenvalue weighted by molar-refractivity contribution is 6.37. The molecule has 0 fully saturated rings. The van der Waals surface area contributed by atoms with Gasteiger partial charge in [0.1, 0.15) is 12.7 Å². The molecule has 19 heavy (non-hydrogen) atoms. The molecule has 0 bridgehead atoms. The van der Waals surface area contributed by atoms with Gasteiger partial charge in [-0.3, -0.25) is 0 Å². The average Bonchev–Trinajstić information content (AvgIpc) is 2.39. The Kier molecular flexibility index (Phi) is 7.04. The predicted octanol–water partition coefficient (Wildman–Crippen LogP) is 2.73. The van der Waals surface area contributed by atoms with Crippen LogP contribution in [0.1, 0.15) is 13.3 Å². The molecule has 0 heterocycles. The molecule has 1 aromatic rings. The quantitative estimate of drug-likeness (QED) is 0.761. The van der Waals surface area contributed by atoms with Crippen LogP contribution in [0, 0.1) is 12.3 Å². The molecule has 2 atom stereocenters. The van der Waals surface area contributed by atoms with Gasteiger partial charge in [0.25, 0.3) is 0 Å². The van der Waals surface area contributed by atoms with Crippen LogP contribution in [-0.4, -0.2) is 30.4 Å². The Bertz CT molecular complexity index is 425. The van der Waals surface area contributed by atoms with E-state index >= 15 is 0 Å². The largest absolute Gasteiger partial charge is 0.488 e. The van der Waals surface area contributed by atoms with Crippen LogP contribution in [0.15, 0.2) is 18.2 Å². The van der Waals surface area contributed by atoms with E-state index in [9.17, 15) is 5.11 Å². The Morgan fingerprint density at radius 3 is 2.58 bits per heavy atom. The minimum Gasteiger partial charge on any atom is -0.488 e. The van der Waals surface area contributed by atoms with Gasteiger partial charge in [-0.1, -0.05) is 42.1 Å². The van der Waals surface area contributed by atoms with Gasteiger partial charge >= 0.3 is 0 Å². The third kappa shape index (κ3) is 5.30. The Hall–Kier alpha value is -0.920. The lowest BCUT2D eigenvalue weighted by Crippen LogP contribution is -2.37. The molecule has 104 valence electrons. The number of hydrogen-bond acceptors (Lipinski definition) is 3. The molecule has 1 aromatic carbocycles. The first-order valence-electron chi connectivity index (χ1n) is 6.02. The van der Waals surface area contributed by atoms with Gasteiger partial charge in [0.05, 0.1) is 16.1 Å². The van der Waals surface area contributed by atoms with Gasteiger partial charge in [-0.25, -0.2) is 0 Å². The first-order chi connectivity index (χ1) is 9.08. The van der Waals surface area contributed by atoms with Gasteiger partial charge < -0.3 is 15.2 Å². The molecule has 5 heteroatoms. The Balaban J connectivity index is 2.42. The number of aliphatic hydroxyl groups excluding tert-OH is 1. The zero-order chi connectivity index (χ0) is 14.3. The molecule has 3 nitrogen and oxygen atoms in total. The minimum atomic E-state index is -0.685. The normalized spacial score (nSPS) is 13.6. The van der Waals surface area contributed by atoms with Crippen molar-refractivity contribution in [1.29, 1.82) is 0 Å². The molecule has 0 amide bonds. The minimum absolute atomic E-state index is 0.0430. The predicted molar refractivity (Wildman–Crippen MR) is 78.9 cm³/mol. The van der Waals surface area contributed by atoms with Gasteiger partial charge in [-0.2, -0.15) is 0 Å². The topological polar surface area (TPSA) is 41.5 Å². The maximum atomic E-state index is 9.79. The summed E-state index contributed by atoms with van der Waals surface area (Å²) in [6.45, 7) is 2.42. The number of benzene rings is 1. The monoisotopic (exact) mass is 301 g/mol. The van der Waals surface area contributed by atoms with Crippen molar-refractivity contribution in [3.05, 3.63) is 28.2 Å². The van der Waals surface area contributed by atoms with Gasteiger partial charge in [-0.05, 0) is 18.6 Å². The third-order valence-electron chi connectivity index (χ3n) is 2.55. The second-order valence-electron chi connectivity index (χ2n) is 4.05. The zero-order valence-electron chi connectivity index (χ0n) is 10.7. The first kappa shape index (κ1) is 16.1. The molecule has 0 aliphatic heterocycles. The summed E-state index contributed by atoms with van der Waals surface area (Å²) < 4.78 is 5.42. The lowest BCUT2D eigenvalue weighted by Gasteiger charge is -2.16. The molecular formula is C14H17Cl2NO2. The van der Waals surface area contributed by atoms with Crippen LogP contribution in [0.5, 0.6) is 5.75 Å². The average molecular weight is 302 g/mol. The summed E-state index contributed by atoms with van der Waals surface area (Å²) in [5.41, 5.74) is 0. The fraction of sp³-hybridized carbons (Fsp3) is 0.429. The maximum absolute atomic E-state index is 9.79. The molecule has 1 rings (SSSR count). The van der Waals surface area contributed by atoms with Crippen molar-refractivity contribution in [3.8, 4) is 18.1 Å². The Morgan fingerprint density at radius 1 is 1.42 bits per heavy atom. The highest BCUT2D eigenvalue weighted by Gasteiger charge is 2.11. The Morgan fingerprint density at radius 2 is 2.05 bits per heavy atom. The van der Waals surface area contributed by atoms with Crippen LogP contribution in [0.4, 0.5) is 0 Å². The summed E-state index contributed by atoms with van der Waals surface area (Å²) in [6, 6.07) is 5.05. The van der Waals surface area contributed by atoms with E-state index in [4.69, 9.17) is 34.4 Å². The molecule has 0 spiro atoms. The van der Waals surface area contributed by atoms with Gasteiger partial charge in [0.2, 0.25) is 0 Å². The van der Waals surface area contributed by atoms with E-state index in [0.717, 1.165) is 6.42 Å². The molecule has 0 saturated carbocycles. The van der Waals surface area contributed by atoms with E-state index in [0.29, 0.717) is 22.3 Å². The van der Waals surface area contributed by atoms with Crippen molar-refractivity contribution in [2.75, 3.05) is 13.2 Å². The maximum Gasteiger partial charge on any atom is 0.156 e. The van der Waals surface area contributed by atoms with E-state index in [2.05, 4.69) is 11.2 Å². The summed E-state index contributed by atoms with van der Waals surface area (Å²) in [7, 11) is 0. The van der Waals surface area contributed by atoms with Gasteiger partial charge in [-0.15, -0.1) is 6.42 Å². The Labute approximate surface area is 123 Å². The first-order valence-corrected chi connectivity index (χ1v) is 6.78. The molecular weight excluding hydrogens is 285 g/mol. The lowest BCUT2D eigenvalue weighted by molar-refractivity contribution is 0.105. The van der Waals surface area contributed by atoms with Crippen LogP contribution in [0.3, 0.4) is 0 Å². The number of terminal acetylenes is 1. The standard InChI is InChI=1S/C14H17Cl2NO2/c1-3-10(4-2)17-8-11(18)9-19-14-12(15)6-5-7-13(14)16/h1,5-7,10-11,17-18H,4,8-9H2,2H3. The van der Waals surface area contributed by atoms with Gasteiger partial charge in [0, 0.05) is 6.54 Å². The van der Waals surface area contributed by atoms with Crippen molar-refractivity contribution in [3.63, 3.8) is 0 Å². The van der Waals surface area contributed by atoms with Crippen molar-refractivity contribution in [1.82, 2.24) is 5.32 Å². The summed E-state index contributed by atoms with van der Waals surface area (Å²) in [5.74, 6) is 2.98. The van der Waals surface area contributed by atoms with Crippen molar-refractivity contribution in [2.24, 2.45) is 0 Å². The summed E-state index contributed by atoms with van der Waals surface area (Å²) in [6.07, 6.45) is 5.43. The molecule has 2 N–H and O–H groups in total. The zero-order valence-corrected chi connectivity index (χ0v) is 12.2. The smallest absolute Gasteiger partial charge is 0.156 e. The number of para-hydroxylation sites is 1. The second-order valence-corrected chi connectivity index (χ2v) is 4.87. The lowest BCUT2D eigenvalue weighted by atomic mass is 10.2. The number of hydrogen-bond donors (Lipinski definition) is 2.